The molecular weight excluding hydrogens is 229 g/mol. The van der Waals surface area contributed by atoms with Crippen molar-refractivity contribution in [1.82, 2.24) is 0 Å². The fourth-order valence-electron chi connectivity index (χ4n) is 1.85. The van der Waals surface area contributed by atoms with E-state index in [4.69, 9.17) is 0 Å². The number of hydrogen-bond donors (Lipinski definition) is 0. The van der Waals surface area contributed by atoms with Crippen LogP contribution in [-0.2, 0) is 5.66 Å². The quantitative estimate of drug-likeness (QED) is 0.714. The minimum Gasteiger partial charge on any atom is -0.166 e. The van der Waals surface area contributed by atoms with Crippen molar-refractivity contribution in [2.75, 3.05) is 0 Å². The first-order valence-electron chi connectivity index (χ1n) is 5.03. The summed E-state index contributed by atoms with van der Waals surface area (Å²) in [6.07, 6.45) is -4.46. The number of hydrogen-bond acceptors (Lipinski definition) is 2. The second-order valence-corrected chi connectivity index (χ2v) is 3.93. The molecule has 0 aromatic heterocycles. The Kier molecular flexibility index (Phi) is 1.85. The van der Waals surface area contributed by atoms with E-state index in [2.05, 4.69) is 10.2 Å². The summed E-state index contributed by atoms with van der Waals surface area (Å²) in [7, 11) is 0. The van der Waals surface area contributed by atoms with Crippen LogP contribution in [0.15, 0.2) is 52.7 Å². The molecule has 3 rings (SSSR count). The second-order valence-electron chi connectivity index (χ2n) is 3.93. The average molecular weight is 236 g/mol. The molecule has 0 N–H and O–H groups in total. The van der Waals surface area contributed by atoms with Gasteiger partial charge < -0.3 is 0 Å². The Bertz CT molecular complexity index is 610. The van der Waals surface area contributed by atoms with E-state index in [-0.39, 0.29) is 5.56 Å². The van der Waals surface area contributed by atoms with Crippen LogP contribution in [0.1, 0.15) is 5.56 Å². The molecule has 86 valence electrons. The van der Waals surface area contributed by atoms with Gasteiger partial charge in [-0.15, -0.1) is 10.2 Å². The van der Waals surface area contributed by atoms with E-state index >= 15 is 0 Å². The molecule has 5 heteroatoms. The predicted octanol–water partition coefficient (Wildman–Crippen LogP) is 4.02. The highest BCUT2D eigenvalue weighted by Crippen LogP contribution is 2.52. The average Bonchev–Trinajstić information content (AvgIpc) is 3.09. The van der Waals surface area contributed by atoms with Crippen LogP contribution in [0.25, 0.3) is 10.8 Å². The summed E-state index contributed by atoms with van der Waals surface area (Å²) in [6, 6.07) is 11.8. The van der Waals surface area contributed by atoms with Gasteiger partial charge in [0.2, 0.25) is 0 Å². The van der Waals surface area contributed by atoms with Crippen LogP contribution in [-0.4, -0.2) is 6.18 Å². The molecule has 17 heavy (non-hydrogen) atoms. The summed E-state index contributed by atoms with van der Waals surface area (Å²) in [5.74, 6) is 0. The van der Waals surface area contributed by atoms with E-state index in [1.165, 1.54) is 12.1 Å². The van der Waals surface area contributed by atoms with Gasteiger partial charge >= 0.3 is 11.8 Å². The normalized spacial score (nSPS) is 17.4. The summed E-state index contributed by atoms with van der Waals surface area (Å²) in [5, 5.41) is 8.02. The first-order valence-corrected chi connectivity index (χ1v) is 5.03. The van der Waals surface area contributed by atoms with Gasteiger partial charge in [-0.25, -0.2) is 0 Å². The molecule has 1 aliphatic rings. The Hall–Kier alpha value is -1.91. The molecule has 2 aromatic rings. The van der Waals surface area contributed by atoms with Gasteiger partial charge in [0, 0.05) is 5.56 Å². The number of alkyl halides is 3. The van der Waals surface area contributed by atoms with Gasteiger partial charge in [-0.3, -0.25) is 0 Å². The summed E-state index contributed by atoms with van der Waals surface area (Å²) >= 11 is 0. The van der Waals surface area contributed by atoms with Gasteiger partial charge in [0.05, 0.1) is 0 Å². The first-order chi connectivity index (χ1) is 8.03. The van der Waals surface area contributed by atoms with Crippen molar-refractivity contribution in [2.45, 2.75) is 11.8 Å². The monoisotopic (exact) mass is 236 g/mol. The maximum atomic E-state index is 12.8. The van der Waals surface area contributed by atoms with Crippen molar-refractivity contribution < 1.29 is 13.2 Å². The molecule has 0 atom stereocenters. The molecule has 2 aromatic carbocycles. The Labute approximate surface area is 94.8 Å². The molecule has 0 unspecified atom stereocenters. The van der Waals surface area contributed by atoms with E-state index in [1.54, 1.807) is 18.2 Å². The minimum absolute atomic E-state index is 0.0729. The molecule has 0 radical (unpaired) electrons. The number of rotatable bonds is 1. The lowest BCUT2D eigenvalue weighted by atomic mass is 9.99. The van der Waals surface area contributed by atoms with Gasteiger partial charge in [-0.2, -0.15) is 13.2 Å². The van der Waals surface area contributed by atoms with Crippen LogP contribution in [0.2, 0.25) is 0 Å². The van der Waals surface area contributed by atoms with Gasteiger partial charge in [0.1, 0.15) is 0 Å². The van der Waals surface area contributed by atoms with Crippen LogP contribution in [0, 0.1) is 0 Å². The summed E-state index contributed by atoms with van der Waals surface area (Å²) in [4.78, 5) is 0. The van der Waals surface area contributed by atoms with Crippen LogP contribution in [0.3, 0.4) is 0 Å². The molecule has 1 aliphatic heterocycles. The van der Waals surface area contributed by atoms with E-state index in [0.29, 0.717) is 0 Å². The number of fused-ring (bicyclic) bond motifs is 1. The topological polar surface area (TPSA) is 24.7 Å². The first kappa shape index (κ1) is 10.3. The number of halogens is 3. The zero-order valence-corrected chi connectivity index (χ0v) is 8.57. The van der Waals surface area contributed by atoms with E-state index in [0.717, 1.165) is 10.8 Å². The Balaban J connectivity index is 2.14. The van der Waals surface area contributed by atoms with Crippen LogP contribution < -0.4 is 0 Å². The number of nitrogens with zero attached hydrogens (tertiary/aromatic N) is 2. The van der Waals surface area contributed by atoms with Crippen molar-refractivity contribution in [1.29, 1.82) is 0 Å². The Morgan fingerprint density at radius 2 is 1.53 bits per heavy atom. The van der Waals surface area contributed by atoms with E-state index in [9.17, 15) is 13.2 Å². The molecule has 0 saturated heterocycles. The zero-order valence-electron chi connectivity index (χ0n) is 8.57. The third kappa shape index (κ3) is 1.42. The Morgan fingerprint density at radius 1 is 0.882 bits per heavy atom. The fourth-order valence-corrected chi connectivity index (χ4v) is 1.85. The smallest absolute Gasteiger partial charge is 0.166 e. The molecule has 0 spiro atoms. The van der Waals surface area contributed by atoms with Crippen molar-refractivity contribution in [2.24, 2.45) is 10.2 Å². The highest BCUT2D eigenvalue weighted by molar-refractivity contribution is 5.83. The van der Waals surface area contributed by atoms with E-state index in [1.807, 2.05) is 12.1 Å². The van der Waals surface area contributed by atoms with Crippen molar-refractivity contribution in [3.05, 3.63) is 48.0 Å². The summed E-state index contributed by atoms with van der Waals surface area (Å²) in [5.41, 5.74) is -2.25. The van der Waals surface area contributed by atoms with Gasteiger partial charge in [0.15, 0.2) is 0 Å². The van der Waals surface area contributed by atoms with Crippen LogP contribution >= 0.6 is 0 Å². The van der Waals surface area contributed by atoms with Crippen molar-refractivity contribution in [3.63, 3.8) is 0 Å². The van der Waals surface area contributed by atoms with Gasteiger partial charge in [0.25, 0.3) is 0 Å². The standard InChI is InChI=1S/C12H7F3N2/c13-12(14,15)11(16-17-11)10-6-5-8-3-1-2-4-9(8)7-10/h1-7H. The largest absolute Gasteiger partial charge is 0.442 e. The molecule has 0 aliphatic carbocycles. The summed E-state index contributed by atoms with van der Waals surface area (Å²) < 4.78 is 38.4. The maximum Gasteiger partial charge on any atom is 0.442 e. The lowest BCUT2D eigenvalue weighted by Crippen LogP contribution is -2.29. The highest BCUT2D eigenvalue weighted by Gasteiger charge is 2.65. The fraction of sp³-hybridized carbons (Fsp3) is 0.167. The summed E-state index contributed by atoms with van der Waals surface area (Å²) in [6.45, 7) is 0. The predicted molar refractivity (Wildman–Crippen MR) is 56.5 cm³/mol. The van der Waals surface area contributed by atoms with E-state index < -0.39 is 11.8 Å². The molecule has 0 fully saturated rings. The lowest BCUT2D eigenvalue weighted by Gasteiger charge is -2.15. The van der Waals surface area contributed by atoms with Crippen molar-refractivity contribution >= 4 is 10.8 Å². The third-order valence-electron chi connectivity index (χ3n) is 2.85. The zero-order chi connectivity index (χ0) is 12.1. The van der Waals surface area contributed by atoms with Gasteiger partial charge in [-0.1, -0.05) is 36.4 Å². The van der Waals surface area contributed by atoms with Crippen molar-refractivity contribution in [3.8, 4) is 0 Å². The maximum absolute atomic E-state index is 12.8. The molecule has 0 bridgehead atoms. The Morgan fingerprint density at radius 3 is 2.12 bits per heavy atom. The molecule has 0 amide bonds. The SMILES string of the molecule is FC(F)(F)C1(c2ccc3ccccc3c2)N=N1. The third-order valence-corrected chi connectivity index (χ3v) is 2.85. The molecule has 0 saturated carbocycles. The molecular formula is C12H7F3N2. The second kappa shape index (κ2) is 3.06. The molecule has 1 heterocycles. The van der Waals surface area contributed by atoms with Crippen LogP contribution in [0.5, 0.6) is 0 Å². The minimum atomic E-state index is -4.46. The highest BCUT2D eigenvalue weighted by atomic mass is 19.4. The molecule has 2 nitrogen and oxygen atoms in total. The van der Waals surface area contributed by atoms with Crippen LogP contribution in [0.4, 0.5) is 13.2 Å². The lowest BCUT2D eigenvalue weighted by molar-refractivity contribution is -0.166. The number of benzene rings is 2. The van der Waals surface area contributed by atoms with Gasteiger partial charge in [-0.05, 0) is 16.8 Å².